The Morgan fingerprint density at radius 3 is 2.24 bits per heavy atom. The number of esters is 2. The largest absolute Gasteiger partial charge is 0.460 e. The first kappa shape index (κ1) is 19.3. The highest BCUT2D eigenvalue weighted by molar-refractivity contribution is 5.81. The average Bonchev–Trinajstić information content (AvgIpc) is 2.48. The number of rotatable bonds is 10. The molecule has 0 aliphatic heterocycles. The van der Waals surface area contributed by atoms with E-state index in [2.05, 4.69) is 17.9 Å². The molecule has 8 nitrogen and oxygen atoms in total. The Morgan fingerprint density at radius 1 is 1.19 bits per heavy atom. The van der Waals surface area contributed by atoms with Crippen LogP contribution in [0.3, 0.4) is 0 Å². The van der Waals surface area contributed by atoms with Crippen molar-refractivity contribution in [1.82, 2.24) is 0 Å². The first-order valence-corrected chi connectivity index (χ1v) is 6.10. The summed E-state index contributed by atoms with van der Waals surface area (Å²) in [6, 6.07) is 0. The highest BCUT2D eigenvalue weighted by Crippen LogP contribution is 2.09. The van der Waals surface area contributed by atoms with Crippen molar-refractivity contribution >= 4 is 11.9 Å². The fourth-order valence-corrected chi connectivity index (χ4v) is 1.17. The van der Waals surface area contributed by atoms with Gasteiger partial charge < -0.3 is 29.5 Å². The van der Waals surface area contributed by atoms with E-state index in [0.29, 0.717) is 0 Å². The summed E-state index contributed by atoms with van der Waals surface area (Å²) >= 11 is 0. The van der Waals surface area contributed by atoms with E-state index in [1.807, 2.05) is 0 Å². The van der Waals surface area contributed by atoms with Crippen LogP contribution in [0.1, 0.15) is 6.92 Å². The van der Waals surface area contributed by atoms with Crippen LogP contribution >= 0.6 is 0 Å². The van der Waals surface area contributed by atoms with Gasteiger partial charge in [-0.1, -0.05) is 13.2 Å². The molecule has 0 aliphatic carbocycles. The van der Waals surface area contributed by atoms with E-state index in [-0.39, 0.29) is 0 Å². The molecule has 2 unspecified atom stereocenters. The van der Waals surface area contributed by atoms with Crippen molar-refractivity contribution in [3.63, 3.8) is 0 Å². The van der Waals surface area contributed by atoms with Crippen LogP contribution in [-0.4, -0.2) is 65.1 Å². The molecule has 0 fully saturated rings. The lowest BCUT2D eigenvalue weighted by Crippen LogP contribution is -2.42. The van der Waals surface area contributed by atoms with Crippen molar-refractivity contribution in [3.05, 3.63) is 25.3 Å². The zero-order valence-electron chi connectivity index (χ0n) is 11.7. The number of carbonyl (C=O) groups excluding carboxylic acids is 2. The summed E-state index contributed by atoms with van der Waals surface area (Å²) in [6.45, 7) is 6.62. The summed E-state index contributed by atoms with van der Waals surface area (Å²) < 4.78 is 14.3. The Kier molecular flexibility index (Phi) is 9.22. The van der Waals surface area contributed by atoms with Crippen LogP contribution in [0.15, 0.2) is 25.3 Å². The molecule has 0 bridgehead atoms. The van der Waals surface area contributed by atoms with E-state index in [4.69, 9.17) is 14.6 Å². The van der Waals surface area contributed by atoms with E-state index in [1.54, 1.807) is 0 Å². The molecule has 3 N–H and O–H groups in total. The molecule has 0 aromatic rings. The van der Waals surface area contributed by atoms with Crippen LogP contribution in [0, 0.1) is 0 Å². The number of ether oxygens (including phenoxy) is 3. The maximum Gasteiger partial charge on any atom is 0.330 e. The van der Waals surface area contributed by atoms with Gasteiger partial charge in [0.1, 0.15) is 24.9 Å². The van der Waals surface area contributed by atoms with E-state index in [9.17, 15) is 19.8 Å². The molecule has 4 atom stereocenters. The summed E-state index contributed by atoms with van der Waals surface area (Å²) in [4.78, 5) is 21.8. The molecule has 0 saturated heterocycles. The van der Waals surface area contributed by atoms with Crippen LogP contribution in [0.25, 0.3) is 0 Å². The molecule has 0 aromatic carbocycles. The normalized spacial score (nSPS) is 16.2. The monoisotopic (exact) mass is 304 g/mol. The predicted octanol–water partition coefficient (Wildman–Crippen LogP) is -1.11. The Hall–Kier alpha value is -1.74. The van der Waals surface area contributed by atoms with Crippen molar-refractivity contribution < 1.29 is 39.1 Å². The molecular weight excluding hydrogens is 284 g/mol. The van der Waals surface area contributed by atoms with Crippen molar-refractivity contribution in [2.24, 2.45) is 0 Å². The standard InChI is InChI=1S/C13H20O8/c1-4-11(16)19-7-9(15)10(6-14)21-13(18)8(3)20-12(17)5-2/h4-5,8-10,13-15,18H,1-2,6-7H2,3H3/t8?,9-,10?,13+/m0/s1. The van der Waals surface area contributed by atoms with Gasteiger partial charge in [0.2, 0.25) is 0 Å². The van der Waals surface area contributed by atoms with Crippen LogP contribution in [0.2, 0.25) is 0 Å². The van der Waals surface area contributed by atoms with Gasteiger partial charge in [-0.25, -0.2) is 9.59 Å². The summed E-state index contributed by atoms with van der Waals surface area (Å²) in [5, 5.41) is 28.4. The van der Waals surface area contributed by atoms with E-state index < -0.39 is 49.8 Å². The lowest BCUT2D eigenvalue weighted by molar-refractivity contribution is -0.222. The molecular formula is C13H20O8. The van der Waals surface area contributed by atoms with Gasteiger partial charge in [0, 0.05) is 12.2 Å². The highest BCUT2D eigenvalue weighted by Gasteiger charge is 2.27. The number of aliphatic hydroxyl groups excluding tert-OH is 3. The Morgan fingerprint density at radius 2 is 1.76 bits per heavy atom. The molecule has 0 rings (SSSR count). The third-order valence-corrected chi connectivity index (χ3v) is 2.36. The van der Waals surface area contributed by atoms with E-state index >= 15 is 0 Å². The number of carbonyl (C=O) groups is 2. The van der Waals surface area contributed by atoms with Gasteiger partial charge in [-0.2, -0.15) is 0 Å². The van der Waals surface area contributed by atoms with Crippen LogP contribution < -0.4 is 0 Å². The Balaban J connectivity index is 4.39. The molecule has 0 aromatic heterocycles. The predicted molar refractivity (Wildman–Crippen MR) is 70.9 cm³/mol. The first-order chi connectivity index (χ1) is 9.85. The Bertz CT molecular complexity index is 367. The van der Waals surface area contributed by atoms with Crippen molar-refractivity contribution in [1.29, 1.82) is 0 Å². The van der Waals surface area contributed by atoms with Gasteiger partial charge in [-0.3, -0.25) is 0 Å². The minimum Gasteiger partial charge on any atom is -0.460 e. The van der Waals surface area contributed by atoms with Gasteiger partial charge in [0.25, 0.3) is 0 Å². The zero-order valence-corrected chi connectivity index (χ0v) is 11.7. The van der Waals surface area contributed by atoms with E-state index in [1.165, 1.54) is 6.92 Å². The summed E-state index contributed by atoms with van der Waals surface area (Å²) in [6.07, 6.45) is -3.43. The maximum atomic E-state index is 11.0. The lowest BCUT2D eigenvalue weighted by atomic mass is 10.2. The van der Waals surface area contributed by atoms with Crippen molar-refractivity contribution in [2.75, 3.05) is 13.2 Å². The molecule has 0 heterocycles. The summed E-state index contributed by atoms with van der Waals surface area (Å²) in [5.74, 6) is -1.51. The zero-order chi connectivity index (χ0) is 16.4. The maximum absolute atomic E-state index is 11.0. The lowest BCUT2D eigenvalue weighted by Gasteiger charge is -2.26. The topological polar surface area (TPSA) is 123 Å². The van der Waals surface area contributed by atoms with Gasteiger partial charge in [-0.15, -0.1) is 0 Å². The van der Waals surface area contributed by atoms with Crippen LogP contribution in [-0.2, 0) is 23.8 Å². The minimum atomic E-state index is -1.59. The molecule has 0 radical (unpaired) electrons. The third kappa shape index (κ3) is 7.57. The fraction of sp³-hybridized carbons (Fsp3) is 0.538. The second-order valence-electron chi connectivity index (χ2n) is 4.00. The molecule has 120 valence electrons. The molecule has 0 saturated carbocycles. The third-order valence-electron chi connectivity index (χ3n) is 2.36. The average molecular weight is 304 g/mol. The number of aliphatic hydroxyl groups is 3. The van der Waals surface area contributed by atoms with Crippen molar-refractivity contribution in [3.8, 4) is 0 Å². The van der Waals surface area contributed by atoms with Crippen LogP contribution in [0.5, 0.6) is 0 Å². The molecule has 0 amide bonds. The van der Waals surface area contributed by atoms with Crippen LogP contribution in [0.4, 0.5) is 0 Å². The number of hydrogen-bond acceptors (Lipinski definition) is 8. The van der Waals surface area contributed by atoms with Gasteiger partial charge >= 0.3 is 11.9 Å². The smallest absolute Gasteiger partial charge is 0.330 e. The SMILES string of the molecule is C=CC(=O)OC[C@H](O)C(CO)O[C@@H](O)C(C)OC(=O)C=C. The number of hydrogen-bond donors (Lipinski definition) is 3. The second-order valence-corrected chi connectivity index (χ2v) is 4.00. The molecule has 21 heavy (non-hydrogen) atoms. The minimum absolute atomic E-state index is 0.455. The second kappa shape index (κ2) is 10.1. The summed E-state index contributed by atoms with van der Waals surface area (Å²) in [5.41, 5.74) is 0. The van der Waals surface area contributed by atoms with Crippen molar-refractivity contribution in [2.45, 2.75) is 31.5 Å². The van der Waals surface area contributed by atoms with Gasteiger partial charge in [-0.05, 0) is 6.92 Å². The van der Waals surface area contributed by atoms with Gasteiger partial charge in [0.05, 0.1) is 6.61 Å². The molecule has 0 spiro atoms. The highest BCUT2D eigenvalue weighted by atomic mass is 16.7. The Labute approximate surface area is 122 Å². The van der Waals surface area contributed by atoms with Gasteiger partial charge in [0.15, 0.2) is 6.29 Å². The molecule has 8 heteroatoms. The molecule has 0 aliphatic rings. The van der Waals surface area contributed by atoms with E-state index in [0.717, 1.165) is 12.2 Å². The quantitative estimate of drug-likeness (QED) is 0.264. The first-order valence-electron chi connectivity index (χ1n) is 6.10. The summed E-state index contributed by atoms with van der Waals surface area (Å²) in [7, 11) is 0. The fourth-order valence-electron chi connectivity index (χ4n) is 1.17.